The van der Waals surface area contributed by atoms with Gasteiger partial charge in [-0.1, -0.05) is 24.3 Å². The molecule has 1 aliphatic heterocycles. The topological polar surface area (TPSA) is 20.3 Å². The molecule has 3 heteroatoms. The summed E-state index contributed by atoms with van der Waals surface area (Å²) >= 11 is 0. The van der Waals surface area contributed by atoms with Crippen molar-refractivity contribution in [3.63, 3.8) is 0 Å². The van der Waals surface area contributed by atoms with Crippen LogP contribution in [0.1, 0.15) is 29.6 Å². The number of benzene rings is 2. The van der Waals surface area contributed by atoms with Gasteiger partial charge >= 0.3 is 0 Å². The number of amides is 1. The van der Waals surface area contributed by atoms with E-state index >= 15 is 0 Å². The molecule has 1 saturated carbocycles. The largest absolute Gasteiger partial charge is 0.335 e. The Morgan fingerprint density at radius 1 is 1.10 bits per heavy atom. The van der Waals surface area contributed by atoms with E-state index in [1.165, 1.54) is 12.5 Å². The standard InChI is InChI=1S/C17H16FNO/c18-16-8-7-15(13-3-1-2-4-14(13)16)17(20)19-10-11-5-6-12(19)9-11/h1-4,7-8,11-12H,5-6,9-10H2. The van der Waals surface area contributed by atoms with Gasteiger partial charge in [-0.05, 0) is 42.7 Å². The molecule has 1 saturated heterocycles. The van der Waals surface area contributed by atoms with Gasteiger partial charge in [-0.15, -0.1) is 0 Å². The van der Waals surface area contributed by atoms with Gasteiger partial charge in [0, 0.05) is 23.5 Å². The van der Waals surface area contributed by atoms with Crippen molar-refractivity contribution < 1.29 is 9.18 Å². The van der Waals surface area contributed by atoms with E-state index in [1.807, 2.05) is 17.0 Å². The van der Waals surface area contributed by atoms with Gasteiger partial charge in [0.15, 0.2) is 0 Å². The number of fused-ring (bicyclic) bond motifs is 3. The molecule has 2 bridgehead atoms. The van der Waals surface area contributed by atoms with Crippen molar-refractivity contribution in [1.82, 2.24) is 4.90 Å². The fourth-order valence-electron chi connectivity index (χ4n) is 3.78. The average molecular weight is 269 g/mol. The van der Waals surface area contributed by atoms with Crippen LogP contribution in [0.25, 0.3) is 10.8 Å². The Bertz CT molecular complexity index is 696. The lowest BCUT2D eigenvalue weighted by atomic mass is 10.0. The molecule has 1 heterocycles. The third-order valence-electron chi connectivity index (χ3n) is 4.77. The second-order valence-corrected chi connectivity index (χ2v) is 5.93. The summed E-state index contributed by atoms with van der Waals surface area (Å²) in [6.45, 7) is 0.870. The first-order valence-electron chi connectivity index (χ1n) is 7.22. The van der Waals surface area contributed by atoms with Gasteiger partial charge in [-0.3, -0.25) is 4.79 Å². The molecule has 0 N–H and O–H groups in total. The Kier molecular flexibility index (Phi) is 2.56. The molecule has 2 fully saturated rings. The summed E-state index contributed by atoms with van der Waals surface area (Å²) in [5.74, 6) is 0.476. The van der Waals surface area contributed by atoms with Gasteiger partial charge in [0.1, 0.15) is 5.82 Å². The average Bonchev–Trinajstić information content (AvgIpc) is 3.10. The summed E-state index contributed by atoms with van der Waals surface area (Å²) in [5, 5.41) is 1.25. The SMILES string of the molecule is O=C(c1ccc(F)c2ccccc12)N1CC2CCC1C2. The summed E-state index contributed by atoms with van der Waals surface area (Å²) in [7, 11) is 0. The summed E-state index contributed by atoms with van der Waals surface area (Å²) in [6.07, 6.45) is 3.51. The highest BCUT2D eigenvalue weighted by molar-refractivity contribution is 6.07. The van der Waals surface area contributed by atoms with E-state index in [1.54, 1.807) is 18.2 Å². The minimum atomic E-state index is -0.264. The zero-order valence-corrected chi connectivity index (χ0v) is 11.2. The molecule has 0 spiro atoms. The smallest absolute Gasteiger partial charge is 0.254 e. The van der Waals surface area contributed by atoms with Crippen LogP contribution in [0.4, 0.5) is 4.39 Å². The van der Waals surface area contributed by atoms with Crippen molar-refractivity contribution in [2.24, 2.45) is 5.92 Å². The summed E-state index contributed by atoms with van der Waals surface area (Å²) < 4.78 is 13.8. The Balaban J connectivity index is 1.79. The van der Waals surface area contributed by atoms with E-state index in [9.17, 15) is 9.18 Å². The summed E-state index contributed by atoms with van der Waals surface area (Å²) in [6, 6.07) is 10.7. The Labute approximate surface area is 117 Å². The van der Waals surface area contributed by atoms with Crippen LogP contribution in [-0.4, -0.2) is 23.4 Å². The van der Waals surface area contributed by atoms with Crippen molar-refractivity contribution in [2.75, 3.05) is 6.54 Å². The number of hydrogen-bond donors (Lipinski definition) is 0. The van der Waals surface area contributed by atoms with Gasteiger partial charge in [-0.25, -0.2) is 4.39 Å². The van der Waals surface area contributed by atoms with Crippen LogP contribution in [0.15, 0.2) is 36.4 Å². The van der Waals surface area contributed by atoms with Crippen LogP contribution in [0.2, 0.25) is 0 Å². The van der Waals surface area contributed by atoms with Crippen LogP contribution in [-0.2, 0) is 0 Å². The van der Waals surface area contributed by atoms with Crippen molar-refractivity contribution in [3.05, 3.63) is 47.8 Å². The maximum absolute atomic E-state index is 13.8. The fraction of sp³-hybridized carbons (Fsp3) is 0.353. The minimum absolute atomic E-state index is 0.0633. The lowest BCUT2D eigenvalue weighted by Gasteiger charge is -2.27. The highest BCUT2D eigenvalue weighted by Crippen LogP contribution is 2.38. The molecule has 2 aliphatic rings. The molecule has 1 aliphatic carbocycles. The van der Waals surface area contributed by atoms with Crippen molar-refractivity contribution in [2.45, 2.75) is 25.3 Å². The normalized spacial score (nSPS) is 24.6. The van der Waals surface area contributed by atoms with E-state index < -0.39 is 0 Å². The zero-order chi connectivity index (χ0) is 13.7. The first-order chi connectivity index (χ1) is 9.74. The summed E-state index contributed by atoms with van der Waals surface area (Å²) in [5.41, 5.74) is 0.634. The molecule has 2 nitrogen and oxygen atoms in total. The lowest BCUT2D eigenvalue weighted by Crippen LogP contribution is -2.37. The van der Waals surface area contributed by atoms with E-state index in [-0.39, 0.29) is 11.7 Å². The third kappa shape index (κ3) is 1.65. The van der Waals surface area contributed by atoms with Crippen LogP contribution in [0, 0.1) is 11.7 Å². The van der Waals surface area contributed by atoms with E-state index in [0.29, 0.717) is 22.9 Å². The van der Waals surface area contributed by atoms with Gasteiger partial charge in [0.05, 0.1) is 0 Å². The van der Waals surface area contributed by atoms with Crippen LogP contribution >= 0.6 is 0 Å². The number of carbonyl (C=O) groups is 1. The maximum Gasteiger partial charge on any atom is 0.254 e. The zero-order valence-electron chi connectivity index (χ0n) is 11.2. The van der Waals surface area contributed by atoms with Crippen molar-refractivity contribution in [1.29, 1.82) is 0 Å². The molecule has 2 atom stereocenters. The number of piperidine rings is 1. The monoisotopic (exact) mass is 269 g/mol. The maximum atomic E-state index is 13.8. The number of hydrogen-bond acceptors (Lipinski definition) is 1. The first-order valence-corrected chi connectivity index (χ1v) is 7.22. The second-order valence-electron chi connectivity index (χ2n) is 5.93. The predicted molar refractivity (Wildman–Crippen MR) is 76.1 cm³/mol. The van der Waals surface area contributed by atoms with E-state index in [2.05, 4.69) is 0 Å². The quantitative estimate of drug-likeness (QED) is 0.774. The number of halogens is 1. The molecule has 102 valence electrons. The molecule has 0 aromatic heterocycles. The number of likely N-dealkylation sites (tertiary alicyclic amines) is 1. The molecule has 2 aromatic rings. The Hall–Kier alpha value is -1.90. The molecule has 4 rings (SSSR count). The van der Waals surface area contributed by atoms with Gasteiger partial charge in [0.25, 0.3) is 5.91 Å². The summed E-state index contributed by atoms with van der Waals surface area (Å²) in [4.78, 5) is 14.8. The third-order valence-corrected chi connectivity index (χ3v) is 4.77. The molecule has 2 unspecified atom stereocenters. The van der Waals surface area contributed by atoms with Gasteiger partial charge in [0.2, 0.25) is 0 Å². The second kappa shape index (κ2) is 4.30. The lowest BCUT2D eigenvalue weighted by molar-refractivity contribution is 0.0705. The molecular formula is C17H16FNO. The number of nitrogens with zero attached hydrogens (tertiary/aromatic N) is 1. The van der Waals surface area contributed by atoms with Crippen molar-refractivity contribution >= 4 is 16.7 Å². The number of rotatable bonds is 1. The van der Waals surface area contributed by atoms with Crippen molar-refractivity contribution in [3.8, 4) is 0 Å². The highest BCUT2D eigenvalue weighted by Gasteiger charge is 2.40. The molecule has 1 amide bonds. The predicted octanol–water partition coefficient (Wildman–Crippen LogP) is 3.60. The van der Waals surface area contributed by atoms with E-state index in [0.717, 1.165) is 24.8 Å². The van der Waals surface area contributed by atoms with Crippen LogP contribution < -0.4 is 0 Å². The first kappa shape index (κ1) is 11.9. The van der Waals surface area contributed by atoms with Gasteiger partial charge < -0.3 is 4.90 Å². The fourth-order valence-corrected chi connectivity index (χ4v) is 3.78. The highest BCUT2D eigenvalue weighted by atomic mass is 19.1. The molecule has 2 aromatic carbocycles. The minimum Gasteiger partial charge on any atom is -0.335 e. The Morgan fingerprint density at radius 2 is 1.90 bits per heavy atom. The molecule has 20 heavy (non-hydrogen) atoms. The number of carbonyl (C=O) groups excluding carboxylic acids is 1. The van der Waals surface area contributed by atoms with Crippen LogP contribution in [0.5, 0.6) is 0 Å². The molecule has 0 radical (unpaired) electrons. The van der Waals surface area contributed by atoms with Gasteiger partial charge in [-0.2, -0.15) is 0 Å². The Morgan fingerprint density at radius 3 is 2.60 bits per heavy atom. The van der Waals surface area contributed by atoms with E-state index in [4.69, 9.17) is 0 Å². The van der Waals surface area contributed by atoms with Crippen LogP contribution in [0.3, 0.4) is 0 Å². The molecular weight excluding hydrogens is 253 g/mol.